The lowest BCUT2D eigenvalue weighted by atomic mass is 9.41. The van der Waals surface area contributed by atoms with Crippen molar-refractivity contribution in [2.45, 2.75) is 72.1 Å². The van der Waals surface area contributed by atoms with Crippen LogP contribution in [0.1, 0.15) is 72.1 Å². The molecule has 1 nitrogen and oxygen atoms in total. The molecule has 4 aliphatic rings. The van der Waals surface area contributed by atoms with E-state index in [0.717, 1.165) is 11.8 Å². The highest BCUT2D eigenvalue weighted by atomic mass is 16.3. The normalized spacial score (nSPS) is 51.0. The Kier molecular flexibility index (Phi) is 2.98. The van der Waals surface area contributed by atoms with Gasteiger partial charge in [0.1, 0.15) is 0 Å². The monoisotopic (exact) mass is 288 g/mol. The molecule has 3 fully saturated rings. The summed E-state index contributed by atoms with van der Waals surface area (Å²) >= 11 is 0. The van der Waals surface area contributed by atoms with Crippen LogP contribution in [0.3, 0.4) is 0 Å². The van der Waals surface area contributed by atoms with E-state index in [1.807, 2.05) is 0 Å². The number of fused-ring (bicyclic) bond motifs is 3. The molecule has 0 aromatic rings. The second-order valence-corrected chi connectivity index (χ2v) is 9.58. The summed E-state index contributed by atoms with van der Waals surface area (Å²) in [5, 5.41) is 9.71. The maximum absolute atomic E-state index is 9.71. The van der Waals surface area contributed by atoms with Gasteiger partial charge in [-0.25, -0.2) is 0 Å². The fraction of sp³-hybridized carbons (Fsp3) is 0.900. The highest BCUT2D eigenvalue weighted by molar-refractivity contribution is 5.28. The van der Waals surface area contributed by atoms with Gasteiger partial charge in [0, 0.05) is 0 Å². The second-order valence-electron chi connectivity index (χ2n) is 9.58. The minimum atomic E-state index is 0.310. The van der Waals surface area contributed by atoms with Crippen molar-refractivity contribution in [2.24, 2.45) is 34.0 Å². The van der Waals surface area contributed by atoms with Crippen LogP contribution >= 0.6 is 0 Å². The number of hydrogen-bond acceptors (Lipinski definition) is 1. The van der Waals surface area contributed by atoms with Crippen LogP contribution in [0.15, 0.2) is 11.6 Å². The van der Waals surface area contributed by atoms with Crippen molar-refractivity contribution in [2.75, 3.05) is 6.61 Å². The maximum Gasteiger partial charge on any atom is 0.0644 e. The topological polar surface area (TPSA) is 20.2 Å². The lowest BCUT2D eigenvalue weighted by molar-refractivity contribution is -0.133. The van der Waals surface area contributed by atoms with Gasteiger partial charge in [0.05, 0.1) is 6.61 Å². The summed E-state index contributed by atoms with van der Waals surface area (Å²) in [7, 11) is 0. The van der Waals surface area contributed by atoms with Gasteiger partial charge in [-0.3, -0.25) is 0 Å². The molecule has 0 aliphatic heterocycles. The molecule has 0 aromatic heterocycles. The van der Waals surface area contributed by atoms with E-state index in [4.69, 9.17) is 0 Å². The first-order valence-electron chi connectivity index (χ1n) is 9.24. The fourth-order valence-corrected chi connectivity index (χ4v) is 7.55. The zero-order valence-corrected chi connectivity index (χ0v) is 14.1. The van der Waals surface area contributed by atoms with Gasteiger partial charge in [0.15, 0.2) is 0 Å². The fourth-order valence-electron chi connectivity index (χ4n) is 7.55. The minimum absolute atomic E-state index is 0.310. The Morgan fingerprint density at radius 2 is 1.86 bits per heavy atom. The Morgan fingerprint density at radius 3 is 2.62 bits per heavy atom. The smallest absolute Gasteiger partial charge is 0.0644 e. The van der Waals surface area contributed by atoms with Crippen molar-refractivity contribution >= 4 is 0 Å². The SMILES string of the molecule is CC1(C)CCC[C@]2(C)[C@@H]1CC[C@@]13C=C(CO)[C@@H](CC[C@H]12)C3. The second kappa shape index (κ2) is 4.37. The summed E-state index contributed by atoms with van der Waals surface area (Å²) in [6, 6.07) is 0. The molecule has 0 heterocycles. The molecular weight excluding hydrogens is 256 g/mol. The Hall–Kier alpha value is -0.300. The van der Waals surface area contributed by atoms with Gasteiger partial charge in [-0.05, 0) is 84.5 Å². The van der Waals surface area contributed by atoms with Gasteiger partial charge in [0.25, 0.3) is 0 Å². The third-order valence-corrected chi connectivity index (χ3v) is 8.27. The summed E-state index contributed by atoms with van der Waals surface area (Å²) in [4.78, 5) is 0. The first-order valence-corrected chi connectivity index (χ1v) is 9.24. The first-order chi connectivity index (χ1) is 9.91. The molecule has 4 rings (SSSR count). The number of aliphatic hydroxyl groups is 1. The predicted octanol–water partition coefficient (Wildman–Crippen LogP) is 4.95. The minimum Gasteiger partial charge on any atom is -0.392 e. The number of allylic oxidation sites excluding steroid dienone is 1. The van der Waals surface area contributed by atoms with Gasteiger partial charge in [0.2, 0.25) is 0 Å². The van der Waals surface area contributed by atoms with Crippen molar-refractivity contribution in [1.29, 1.82) is 0 Å². The molecule has 21 heavy (non-hydrogen) atoms. The van der Waals surface area contributed by atoms with Crippen molar-refractivity contribution in [3.63, 3.8) is 0 Å². The van der Waals surface area contributed by atoms with E-state index in [-0.39, 0.29) is 0 Å². The molecule has 4 aliphatic carbocycles. The highest BCUT2D eigenvalue weighted by Crippen LogP contribution is 2.70. The van der Waals surface area contributed by atoms with Crippen LogP contribution in [0.4, 0.5) is 0 Å². The number of hydrogen-bond donors (Lipinski definition) is 1. The highest BCUT2D eigenvalue weighted by Gasteiger charge is 2.61. The molecule has 1 N–H and O–H groups in total. The lowest BCUT2D eigenvalue weighted by Gasteiger charge is -2.63. The van der Waals surface area contributed by atoms with Crippen LogP contribution in [0.2, 0.25) is 0 Å². The van der Waals surface area contributed by atoms with Gasteiger partial charge >= 0.3 is 0 Å². The Bertz CT molecular complexity index is 476. The van der Waals surface area contributed by atoms with E-state index in [9.17, 15) is 5.11 Å². The Morgan fingerprint density at radius 1 is 1.05 bits per heavy atom. The molecule has 3 saturated carbocycles. The average Bonchev–Trinajstić information content (AvgIpc) is 2.68. The summed E-state index contributed by atoms with van der Waals surface area (Å²) in [6.07, 6.45) is 13.8. The molecular formula is C20H32O. The van der Waals surface area contributed by atoms with Gasteiger partial charge in [-0.1, -0.05) is 33.3 Å². The van der Waals surface area contributed by atoms with Crippen LogP contribution in [0, 0.1) is 34.0 Å². The average molecular weight is 288 g/mol. The van der Waals surface area contributed by atoms with E-state index >= 15 is 0 Å². The maximum atomic E-state index is 9.71. The lowest BCUT2D eigenvalue weighted by Crippen LogP contribution is -2.55. The standard InChI is InChI=1S/C20H32O/c1-18(2)8-4-9-19(3)16(18)7-10-20-11-14(5-6-17(19)20)15(12-20)13-21/h12,14,16-17,21H,4-11,13H2,1-3H3/t14-,16+,17-,19+,20+/m0/s1. The Balaban J connectivity index is 1.74. The molecule has 0 radical (unpaired) electrons. The summed E-state index contributed by atoms with van der Waals surface area (Å²) in [5.74, 6) is 2.50. The molecule has 0 saturated heterocycles. The van der Waals surface area contributed by atoms with Gasteiger partial charge < -0.3 is 5.11 Å². The van der Waals surface area contributed by atoms with Crippen molar-refractivity contribution in [3.05, 3.63) is 11.6 Å². The molecule has 2 bridgehead atoms. The molecule has 1 spiro atoms. The zero-order valence-electron chi connectivity index (χ0n) is 14.1. The molecule has 0 amide bonds. The third kappa shape index (κ3) is 1.79. The summed E-state index contributed by atoms with van der Waals surface area (Å²) in [6.45, 7) is 8.00. The van der Waals surface area contributed by atoms with Crippen LogP contribution in [-0.4, -0.2) is 11.7 Å². The molecule has 0 unspecified atom stereocenters. The number of aliphatic hydroxyl groups excluding tert-OH is 1. The predicted molar refractivity (Wildman–Crippen MR) is 86.9 cm³/mol. The summed E-state index contributed by atoms with van der Waals surface area (Å²) in [5.41, 5.74) is 2.93. The van der Waals surface area contributed by atoms with E-state index in [2.05, 4.69) is 26.8 Å². The first kappa shape index (κ1) is 14.3. The van der Waals surface area contributed by atoms with Crippen molar-refractivity contribution < 1.29 is 5.11 Å². The van der Waals surface area contributed by atoms with Crippen LogP contribution in [-0.2, 0) is 0 Å². The van der Waals surface area contributed by atoms with E-state index in [0.29, 0.717) is 28.8 Å². The Labute approximate surface area is 130 Å². The molecule has 118 valence electrons. The van der Waals surface area contributed by atoms with Crippen LogP contribution in [0.5, 0.6) is 0 Å². The van der Waals surface area contributed by atoms with E-state index in [1.165, 1.54) is 56.9 Å². The molecule has 0 aromatic carbocycles. The number of rotatable bonds is 1. The van der Waals surface area contributed by atoms with Gasteiger partial charge in [-0.15, -0.1) is 0 Å². The summed E-state index contributed by atoms with van der Waals surface area (Å²) < 4.78 is 0. The molecule has 5 atom stereocenters. The van der Waals surface area contributed by atoms with Crippen LogP contribution in [0.25, 0.3) is 0 Å². The quantitative estimate of drug-likeness (QED) is 0.677. The zero-order chi connectivity index (χ0) is 14.9. The largest absolute Gasteiger partial charge is 0.392 e. The van der Waals surface area contributed by atoms with E-state index in [1.54, 1.807) is 0 Å². The third-order valence-electron chi connectivity index (χ3n) is 8.27. The van der Waals surface area contributed by atoms with Crippen molar-refractivity contribution in [1.82, 2.24) is 0 Å². The van der Waals surface area contributed by atoms with Crippen LogP contribution < -0.4 is 0 Å². The van der Waals surface area contributed by atoms with E-state index < -0.39 is 0 Å². The molecule has 1 heteroatoms. The van der Waals surface area contributed by atoms with Crippen molar-refractivity contribution in [3.8, 4) is 0 Å². The van der Waals surface area contributed by atoms with Gasteiger partial charge in [-0.2, -0.15) is 0 Å².